The number of primary amides is 1. The SMILES string of the molecule is COc1ccc(SCCCC(C)(NC2CC2)C(N)=O)cc1. The van der Waals surface area contributed by atoms with Gasteiger partial charge in [0, 0.05) is 10.9 Å². The zero-order valence-electron chi connectivity index (χ0n) is 12.7. The number of rotatable bonds is 9. The van der Waals surface area contributed by atoms with Crippen LogP contribution in [0.4, 0.5) is 0 Å². The van der Waals surface area contributed by atoms with Crippen LogP contribution in [0.1, 0.15) is 32.6 Å². The number of methoxy groups -OCH3 is 1. The number of amides is 1. The highest BCUT2D eigenvalue weighted by Crippen LogP contribution is 2.27. The minimum absolute atomic E-state index is 0.246. The Morgan fingerprint density at radius 2 is 2.10 bits per heavy atom. The molecule has 0 heterocycles. The van der Waals surface area contributed by atoms with Gasteiger partial charge in [-0.05, 0) is 62.6 Å². The van der Waals surface area contributed by atoms with E-state index in [2.05, 4.69) is 17.4 Å². The summed E-state index contributed by atoms with van der Waals surface area (Å²) >= 11 is 1.79. The molecule has 0 aliphatic heterocycles. The molecule has 116 valence electrons. The van der Waals surface area contributed by atoms with Gasteiger partial charge in [0.25, 0.3) is 0 Å². The zero-order chi connectivity index (χ0) is 15.3. The van der Waals surface area contributed by atoms with Crippen molar-refractivity contribution in [1.29, 1.82) is 0 Å². The smallest absolute Gasteiger partial charge is 0.237 e. The molecule has 0 aromatic heterocycles. The molecule has 1 aromatic carbocycles. The maximum atomic E-state index is 11.7. The standard InChI is InChI=1S/C16H24N2O2S/c1-16(15(17)19,18-12-4-5-12)10-3-11-21-14-8-6-13(20-2)7-9-14/h6-9,12,18H,3-5,10-11H2,1-2H3,(H2,17,19). The van der Waals surface area contributed by atoms with Crippen LogP contribution in [-0.2, 0) is 4.79 Å². The minimum Gasteiger partial charge on any atom is -0.497 e. The molecule has 1 fully saturated rings. The van der Waals surface area contributed by atoms with E-state index in [9.17, 15) is 4.79 Å². The molecule has 21 heavy (non-hydrogen) atoms. The van der Waals surface area contributed by atoms with Gasteiger partial charge >= 0.3 is 0 Å². The van der Waals surface area contributed by atoms with Crippen molar-refractivity contribution >= 4 is 17.7 Å². The quantitative estimate of drug-likeness (QED) is 0.543. The number of thioether (sulfide) groups is 1. The van der Waals surface area contributed by atoms with Crippen LogP contribution in [-0.4, -0.2) is 30.4 Å². The highest BCUT2D eigenvalue weighted by atomic mass is 32.2. The van der Waals surface area contributed by atoms with Gasteiger partial charge in [-0.3, -0.25) is 4.79 Å². The van der Waals surface area contributed by atoms with E-state index in [1.54, 1.807) is 18.9 Å². The van der Waals surface area contributed by atoms with Gasteiger partial charge in [-0.25, -0.2) is 0 Å². The lowest BCUT2D eigenvalue weighted by Crippen LogP contribution is -2.54. The highest BCUT2D eigenvalue weighted by molar-refractivity contribution is 7.99. The summed E-state index contributed by atoms with van der Waals surface area (Å²) in [4.78, 5) is 12.9. The molecule has 1 amide bonds. The molecule has 1 aromatic rings. The van der Waals surface area contributed by atoms with Gasteiger partial charge in [-0.15, -0.1) is 11.8 Å². The van der Waals surface area contributed by atoms with Crippen LogP contribution < -0.4 is 15.8 Å². The average molecular weight is 308 g/mol. The predicted octanol–water partition coefficient (Wildman–Crippen LogP) is 2.56. The largest absolute Gasteiger partial charge is 0.497 e. The van der Waals surface area contributed by atoms with Crippen molar-refractivity contribution in [3.8, 4) is 5.75 Å². The van der Waals surface area contributed by atoms with Crippen molar-refractivity contribution in [2.75, 3.05) is 12.9 Å². The van der Waals surface area contributed by atoms with Crippen LogP contribution in [0.3, 0.4) is 0 Å². The molecule has 3 N–H and O–H groups in total. The average Bonchev–Trinajstić information content (AvgIpc) is 3.28. The van der Waals surface area contributed by atoms with Gasteiger partial charge in [0.15, 0.2) is 0 Å². The fraction of sp³-hybridized carbons (Fsp3) is 0.562. The molecule has 0 radical (unpaired) electrons. The van der Waals surface area contributed by atoms with E-state index in [1.165, 1.54) is 4.90 Å². The lowest BCUT2D eigenvalue weighted by atomic mass is 9.95. The molecular weight excluding hydrogens is 284 g/mol. The Hall–Kier alpha value is -1.20. The Bertz CT molecular complexity index is 474. The Balaban J connectivity index is 1.75. The van der Waals surface area contributed by atoms with Crippen molar-refractivity contribution in [2.24, 2.45) is 5.73 Å². The first-order chi connectivity index (χ1) is 10.0. The highest BCUT2D eigenvalue weighted by Gasteiger charge is 2.36. The Labute approximate surface area is 130 Å². The van der Waals surface area contributed by atoms with Gasteiger partial charge in [-0.1, -0.05) is 0 Å². The van der Waals surface area contributed by atoms with E-state index < -0.39 is 5.54 Å². The number of nitrogens with one attached hydrogen (secondary N) is 1. The summed E-state index contributed by atoms with van der Waals surface area (Å²) in [6.45, 7) is 1.92. The van der Waals surface area contributed by atoms with Gasteiger partial charge in [0.05, 0.1) is 12.6 Å². The first-order valence-electron chi connectivity index (χ1n) is 7.38. The Morgan fingerprint density at radius 1 is 1.43 bits per heavy atom. The Morgan fingerprint density at radius 3 is 2.62 bits per heavy atom. The second kappa shape index (κ2) is 7.18. The second-order valence-electron chi connectivity index (χ2n) is 5.74. The fourth-order valence-corrected chi connectivity index (χ4v) is 3.09. The molecule has 1 aliphatic carbocycles. The molecule has 5 heteroatoms. The molecule has 1 saturated carbocycles. The summed E-state index contributed by atoms with van der Waals surface area (Å²) in [5.41, 5.74) is 4.98. The Kier molecular flexibility index (Phi) is 5.53. The van der Waals surface area contributed by atoms with E-state index in [0.29, 0.717) is 6.04 Å². The number of nitrogens with two attached hydrogens (primary N) is 1. The monoisotopic (exact) mass is 308 g/mol. The van der Waals surface area contributed by atoms with E-state index in [-0.39, 0.29) is 5.91 Å². The second-order valence-corrected chi connectivity index (χ2v) is 6.91. The van der Waals surface area contributed by atoms with Crippen LogP contribution in [0, 0.1) is 0 Å². The van der Waals surface area contributed by atoms with E-state index >= 15 is 0 Å². The third-order valence-electron chi connectivity index (χ3n) is 3.79. The number of carbonyl (C=O) groups excluding carboxylic acids is 1. The van der Waals surface area contributed by atoms with Crippen molar-refractivity contribution < 1.29 is 9.53 Å². The summed E-state index contributed by atoms with van der Waals surface area (Å²) in [5.74, 6) is 1.60. The van der Waals surface area contributed by atoms with Crippen molar-refractivity contribution in [3.05, 3.63) is 24.3 Å². The maximum absolute atomic E-state index is 11.7. The van der Waals surface area contributed by atoms with Gasteiger partial charge in [-0.2, -0.15) is 0 Å². The molecule has 1 unspecified atom stereocenters. The van der Waals surface area contributed by atoms with Crippen molar-refractivity contribution in [1.82, 2.24) is 5.32 Å². The number of ether oxygens (including phenoxy) is 1. The third kappa shape index (κ3) is 4.93. The maximum Gasteiger partial charge on any atom is 0.237 e. The normalized spacial score (nSPS) is 17.2. The summed E-state index contributed by atoms with van der Waals surface area (Å²) in [6.07, 6.45) is 4.05. The lowest BCUT2D eigenvalue weighted by molar-refractivity contribution is -0.124. The first kappa shape index (κ1) is 16.2. The molecule has 1 aliphatic rings. The molecule has 2 rings (SSSR count). The summed E-state index contributed by atoms with van der Waals surface area (Å²) in [6, 6.07) is 8.52. The molecule has 0 bridgehead atoms. The zero-order valence-corrected chi connectivity index (χ0v) is 13.5. The van der Waals surface area contributed by atoms with Crippen LogP contribution in [0.2, 0.25) is 0 Å². The van der Waals surface area contributed by atoms with Crippen LogP contribution in [0.15, 0.2) is 29.2 Å². The number of hydrogen-bond donors (Lipinski definition) is 2. The van der Waals surface area contributed by atoms with Crippen LogP contribution >= 0.6 is 11.8 Å². The number of hydrogen-bond acceptors (Lipinski definition) is 4. The van der Waals surface area contributed by atoms with E-state index in [4.69, 9.17) is 10.5 Å². The van der Waals surface area contributed by atoms with Crippen molar-refractivity contribution in [3.63, 3.8) is 0 Å². The third-order valence-corrected chi connectivity index (χ3v) is 4.89. The van der Waals surface area contributed by atoms with Crippen molar-refractivity contribution in [2.45, 2.75) is 49.1 Å². The fourth-order valence-electron chi connectivity index (χ4n) is 2.23. The molecule has 0 spiro atoms. The van der Waals surface area contributed by atoms with Gasteiger partial charge in [0.2, 0.25) is 5.91 Å². The van der Waals surface area contributed by atoms with Crippen LogP contribution in [0.5, 0.6) is 5.75 Å². The molecule has 4 nitrogen and oxygen atoms in total. The lowest BCUT2D eigenvalue weighted by Gasteiger charge is -2.27. The molecule has 1 atom stereocenters. The van der Waals surface area contributed by atoms with E-state index in [0.717, 1.165) is 37.2 Å². The van der Waals surface area contributed by atoms with Gasteiger partial charge in [0.1, 0.15) is 5.75 Å². The minimum atomic E-state index is -0.568. The predicted molar refractivity (Wildman–Crippen MR) is 86.7 cm³/mol. The first-order valence-corrected chi connectivity index (χ1v) is 8.36. The number of benzene rings is 1. The summed E-state index contributed by atoms with van der Waals surface area (Å²) < 4.78 is 5.14. The topological polar surface area (TPSA) is 64.3 Å². The van der Waals surface area contributed by atoms with E-state index in [1.807, 2.05) is 19.1 Å². The molecule has 0 saturated heterocycles. The summed E-state index contributed by atoms with van der Waals surface area (Å²) in [7, 11) is 1.67. The van der Waals surface area contributed by atoms with Crippen LogP contribution in [0.25, 0.3) is 0 Å². The molecular formula is C16H24N2O2S. The number of carbonyl (C=O) groups is 1. The van der Waals surface area contributed by atoms with Gasteiger partial charge < -0.3 is 15.8 Å². The summed E-state index contributed by atoms with van der Waals surface area (Å²) in [5, 5.41) is 3.38.